The fourth-order valence-corrected chi connectivity index (χ4v) is 2.87. The highest BCUT2D eigenvalue weighted by atomic mass is 79.9. The summed E-state index contributed by atoms with van der Waals surface area (Å²) in [7, 11) is 0. The van der Waals surface area contributed by atoms with Gasteiger partial charge >= 0.3 is 5.97 Å². The van der Waals surface area contributed by atoms with Crippen LogP contribution in [0.5, 0.6) is 0 Å². The predicted molar refractivity (Wildman–Crippen MR) is 70.0 cm³/mol. The Labute approximate surface area is 110 Å². The highest BCUT2D eigenvalue weighted by Gasteiger charge is 2.17. The Balaban J connectivity index is 1.92. The molecule has 92 valence electrons. The van der Waals surface area contributed by atoms with Crippen LogP contribution in [0, 0.1) is 0 Å². The lowest BCUT2D eigenvalue weighted by Gasteiger charge is -2.29. The number of nitrogens with zero attached hydrogens (tertiary/aromatic N) is 1. The maximum atomic E-state index is 10.5. The SMILES string of the molecule is O=C(O)CCCN1CCc2c(Br)cccc2C1. The molecule has 0 saturated heterocycles. The molecule has 1 heterocycles. The van der Waals surface area contributed by atoms with Crippen molar-refractivity contribution in [3.63, 3.8) is 0 Å². The lowest BCUT2D eigenvalue weighted by molar-refractivity contribution is -0.137. The maximum Gasteiger partial charge on any atom is 0.303 e. The number of aliphatic carboxylic acids is 1. The van der Waals surface area contributed by atoms with E-state index in [1.54, 1.807) is 0 Å². The van der Waals surface area contributed by atoms with Gasteiger partial charge in [-0.15, -0.1) is 0 Å². The number of carboxylic acid groups (broad SMARTS) is 1. The zero-order valence-electron chi connectivity index (χ0n) is 9.66. The van der Waals surface area contributed by atoms with E-state index in [1.165, 1.54) is 15.6 Å². The van der Waals surface area contributed by atoms with Crippen LogP contribution >= 0.6 is 15.9 Å². The average molecular weight is 298 g/mol. The van der Waals surface area contributed by atoms with Crippen molar-refractivity contribution < 1.29 is 9.90 Å². The van der Waals surface area contributed by atoms with E-state index in [0.29, 0.717) is 0 Å². The zero-order valence-corrected chi connectivity index (χ0v) is 11.2. The molecular formula is C13H16BrNO2. The number of benzene rings is 1. The second-order valence-electron chi connectivity index (χ2n) is 4.40. The van der Waals surface area contributed by atoms with Crippen LogP contribution in [0.15, 0.2) is 22.7 Å². The van der Waals surface area contributed by atoms with Gasteiger partial charge in [-0.05, 0) is 36.6 Å². The third-order valence-corrected chi connectivity index (χ3v) is 3.90. The van der Waals surface area contributed by atoms with Gasteiger partial charge in [0.1, 0.15) is 0 Å². The topological polar surface area (TPSA) is 40.5 Å². The fraction of sp³-hybridized carbons (Fsp3) is 0.462. The lowest BCUT2D eigenvalue weighted by Crippen LogP contribution is -2.31. The number of carboxylic acids is 1. The first kappa shape index (κ1) is 12.6. The van der Waals surface area contributed by atoms with Crippen LogP contribution < -0.4 is 0 Å². The Morgan fingerprint density at radius 3 is 3.06 bits per heavy atom. The van der Waals surface area contributed by atoms with E-state index in [1.807, 2.05) is 0 Å². The third-order valence-electron chi connectivity index (χ3n) is 3.15. The van der Waals surface area contributed by atoms with E-state index in [-0.39, 0.29) is 6.42 Å². The molecule has 0 aliphatic carbocycles. The molecule has 1 aliphatic rings. The van der Waals surface area contributed by atoms with Crippen LogP contribution in [0.1, 0.15) is 24.0 Å². The Morgan fingerprint density at radius 2 is 2.29 bits per heavy atom. The molecule has 0 atom stereocenters. The standard InChI is InChI=1S/C13H16BrNO2/c14-12-4-1-3-10-9-15(8-6-11(10)12)7-2-5-13(16)17/h1,3-4H,2,5-9H2,(H,16,17). The van der Waals surface area contributed by atoms with E-state index >= 15 is 0 Å². The van der Waals surface area contributed by atoms with E-state index in [4.69, 9.17) is 5.11 Å². The monoisotopic (exact) mass is 297 g/mol. The molecule has 1 N–H and O–H groups in total. The largest absolute Gasteiger partial charge is 0.481 e. The molecule has 0 radical (unpaired) electrons. The van der Waals surface area contributed by atoms with Crippen LogP contribution in [0.2, 0.25) is 0 Å². The third kappa shape index (κ3) is 3.30. The summed E-state index contributed by atoms with van der Waals surface area (Å²) in [4.78, 5) is 12.8. The van der Waals surface area contributed by atoms with Gasteiger partial charge in [0.2, 0.25) is 0 Å². The normalized spacial score (nSPS) is 15.6. The lowest BCUT2D eigenvalue weighted by atomic mass is 10.00. The number of fused-ring (bicyclic) bond motifs is 1. The van der Waals surface area contributed by atoms with Crippen LogP contribution in [0.3, 0.4) is 0 Å². The van der Waals surface area contributed by atoms with Gasteiger partial charge in [-0.1, -0.05) is 28.1 Å². The predicted octanol–water partition coefficient (Wildman–Crippen LogP) is 2.67. The van der Waals surface area contributed by atoms with Gasteiger partial charge in [-0.25, -0.2) is 0 Å². The summed E-state index contributed by atoms with van der Waals surface area (Å²) in [5.41, 5.74) is 2.77. The molecule has 0 amide bonds. The summed E-state index contributed by atoms with van der Waals surface area (Å²) in [6.07, 6.45) is 2.05. The van der Waals surface area contributed by atoms with Crippen LogP contribution in [-0.4, -0.2) is 29.1 Å². The van der Waals surface area contributed by atoms with Gasteiger partial charge in [-0.2, -0.15) is 0 Å². The van der Waals surface area contributed by atoms with Gasteiger partial charge < -0.3 is 5.11 Å². The second kappa shape index (κ2) is 5.65. The Morgan fingerprint density at radius 1 is 1.47 bits per heavy atom. The molecule has 0 bridgehead atoms. The van der Waals surface area contributed by atoms with Crippen molar-refractivity contribution in [3.8, 4) is 0 Å². The Kier molecular flexibility index (Phi) is 4.18. The number of hydrogen-bond donors (Lipinski definition) is 1. The van der Waals surface area contributed by atoms with Crippen LogP contribution in [0.4, 0.5) is 0 Å². The average Bonchev–Trinajstić information content (AvgIpc) is 2.29. The molecule has 1 aromatic rings. The minimum Gasteiger partial charge on any atom is -0.481 e. The van der Waals surface area contributed by atoms with E-state index in [2.05, 4.69) is 39.0 Å². The highest BCUT2D eigenvalue weighted by Crippen LogP contribution is 2.26. The molecular weight excluding hydrogens is 282 g/mol. The van der Waals surface area contributed by atoms with Gasteiger partial charge in [0.25, 0.3) is 0 Å². The summed E-state index contributed by atoms with van der Waals surface area (Å²) in [6, 6.07) is 6.30. The minimum atomic E-state index is -0.704. The number of hydrogen-bond acceptors (Lipinski definition) is 2. The molecule has 0 fully saturated rings. The highest BCUT2D eigenvalue weighted by molar-refractivity contribution is 9.10. The minimum absolute atomic E-state index is 0.266. The number of halogens is 1. The van der Waals surface area contributed by atoms with E-state index < -0.39 is 5.97 Å². The quantitative estimate of drug-likeness (QED) is 0.929. The molecule has 1 aliphatic heterocycles. The van der Waals surface area contributed by atoms with Crippen molar-refractivity contribution in [1.29, 1.82) is 0 Å². The molecule has 17 heavy (non-hydrogen) atoms. The molecule has 0 saturated carbocycles. The second-order valence-corrected chi connectivity index (χ2v) is 5.26. The molecule has 0 unspecified atom stereocenters. The van der Waals surface area contributed by atoms with Crippen molar-refractivity contribution in [3.05, 3.63) is 33.8 Å². The first-order chi connectivity index (χ1) is 8.16. The zero-order chi connectivity index (χ0) is 12.3. The van der Waals surface area contributed by atoms with Crippen molar-refractivity contribution in [2.24, 2.45) is 0 Å². The number of rotatable bonds is 4. The van der Waals surface area contributed by atoms with Crippen LogP contribution in [-0.2, 0) is 17.8 Å². The molecule has 3 nitrogen and oxygen atoms in total. The molecule has 2 rings (SSSR count). The Hall–Kier alpha value is -0.870. The summed E-state index contributed by atoms with van der Waals surface area (Å²) >= 11 is 3.58. The van der Waals surface area contributed by atoms with Crippen molar-refractivity contribution in [2.45, 2.75) is 25.8 Å². The van der Waals surface area contributed by atoms with Crippen molar-refractivity contribution in [2.75, 3.05) is 13.1 Å². The smallest absolute Gasteiger partial charge is 0.303 e. The van der Waals surface area contributed by atoms with Gasteiger partial charge in [0, 0.05) is 24.0 Å². The molecule has 0 aromatic heterocycles. The fourth-order valence-electron chi connectivity index (χ4n) is 2.27. The van der Waals surface area contributed by atoms with Gasteiger partial charge in [-0.3, -0.25) is 9.69 Å². The van der Waals surface area contributed by atoms with Crippen molar-refractivity contribution >= 4 is 21.9 Å². The van der Waals surface area contributed by atoms with Crippen LogP contribution in [0.25, 0.3) is 0 Å². The summed E-state index contributed by atoms with van der Waals surface area (Å²) in [5.74, 6) is -0.704. The van der Waals surface area contributed by atoms with E-state index in [9.17, 15) is 4.79 Å². The van der Waals surface area contributed by atoms with Gasteiger partial charge in [0.15, 0.2) is 0 Å². The summed E-state index contributed by atoms with van der Waals surface area (Å²) in [6.45, 7) is 2.84. The molecule has 0 spiro atoms. The summed E-state index contributed by atoms with van der Waals surface area (Å²) in [5, 5.41) is 8.61. The maximum absolute atomic E-state index is 10.5. The van der Waals surface area contributed by atoms with E-state index in [0.717, 1.165) is 32.5 Å². The summed E-state index contributed by atoms with van der Waals surface area (Å²) < 4.78 is 1.19. The first-order valence-corrected chi connectivity index (χ1v) is 6.66. The van der Waals surface area contributed by atoms with Crippen molar-refractivity contribution in [1.82, 2.24) is 4.90 Å². The van der Waals surface area contributed by atoms with Gasteiger partial charge in [0.05, 0.1) is 0 Å². The first-order valence-electron chi connectivity index (χ1n) is 5.87. The molecule has 1 aromatic carbocycles. The number of carbonyl (C=O) groups is 1. The molecule has 4 heteroatoms. The Bertz CT molecular complexity index is 420.